The molecular formula is C30H35Br2N3O4S. The first-order valence-electron chi connectivity index (χ1n) is 12.8. The number of benzene rings is 3. The summed E-state index contributed by atoms with van der Waals surface area (Å²) in [5.74, 6) is -0.805. The highest BCUT2D eigenvalue weighted by molar-refractivity contribution is 9.10. The van der Waals surface area contributed by atoms with Gasteiger partial charge >= 0.3 is 0 Å². The Bertz CT molecular complexity index is 1460. The summed E-state index contributed by atoms with van der Waals surface area (Å²) in [6, 6.07) is 21.2. The molecule has 3 aromatic carbocycles. The predicted octanol–water partition coefficient (Wildman–Crippen LogP) is 5.84. The number of carbonyl (C=O) groups excluding carboxylic acids is 2. The standard InChI is InChI=1S/C30H35Br2N3O4S/c1-21-16-25(14-15-26(21)32)35(40(5,38)39)20-28(36)34(19-23-12-9-13-24(31)17-23)27(29(37)33-30(2,3)4)18-22-10-7-6-8-11-22/h6-17,27H,18-20H2,1-5H3,(H,33,37)/t27-/m0/s1. The molecule has 0 aromatic heterocycles. The Morgan fingerprint density at radius 3 is 2.15 bits per heavy atom. The lowest BCUT2D eigenvalue weighted by Gasteiger charge is -2.35. The van der Waals surface area contributed by atoms with Gasteiger partial charge in [0.2, 0.25) is 21.8 Å². The molecule has 3 rings (SSSR count). The quantitative estimate of drug-likeness (QED) is 0.289. The SMILES string of the molecule is Cc1cc(N(CC(=O)N(Cc2cccc(Br)c2)[C@@H](Cc2ccccc2)C(=O)NC(C)(C)C)S(C)(=O)=O)ccc1Br. The smallest absolute Gasteiger partial charge is 0.244 e. The van der Waals surface area contributed by atoms with E-state index in [9.17, 15) is 18.0 Å². The van der Waals surface area contributed by atoms with Crippen LogP contribution in [0, 0.1) is 6.92 Å². The molecule has 0 bridgehead atoms. The first kappa shape index (κ1) is 31.8. The van der Waals surface area contributed by atoms with Gasteiger partial charge in [0, 0.05) is 27.4 Å². The zero-order chi connectivity index (χ0) is 29.7. The summed E-state index contributed by atoms with van der Waals surface area (Å²) in [6.45, 7) is 7.15. The fourth-order valence-corrected chi connectivity index (χ4v) is 5.77. The number of carbonyl (C=O) groups is 2. The number of halogens is 2. The number of amides is 2. The van der Waals surface area contributed by atoms with Crippen molar-refractivity contribution in [3.8, 4) is 0 Å². The molecule has 2 amide bonds. The Balaban J connectivity index is 2.09. The molecule has 1 N–H and O–H groups in total. The molecule has 0 saturated carbocycles. The van der Waals surface area contributed by atoms with E-state index in [4.69, 9.17) is 0 Å². The summed E-state index contributed by atoms with van der Waals surface area (Å²) in [7, 11) is -3.83. The number of nitrogens with zero attached hydrogens (tertiary/aromatic N) is 2. The molecule has 0 aliphatic heterocycles. The second-order valence-electron chi connectivity index (χ2n) is 10.8. The van der Waals surface area contributed by atoms with Crippen molar-refractivity contribution in [1.82, 2.24) is 10.2 Å². The number of anilines is 1. The van der Waals surface area contributed by atoms with Crippen LogP contribution in [0.5, 0.6) is 0 Å². The van der Waals surface area contributed by atoms with Gasteiger partial charge in [-0.2, -0.15) is 0 Å². The van der Waals surface area contributed by atoms with Gasteiger partial charge in [-0.25, -0.2) is 8.42 Å². The number of rotatable bonds is 10. The molecule has 7 nitrogen and oxygen atoms in total. The lowest BCUT2D eigenvalue weighted by Crippen LogP contribution is -2.56. The molecule has 0 fully saturated rings. The maximum atomic E-state index is 14.1. The van der Waals surface area contributed by atoms with Crippen molar-refractivity contribution in [2.75, 3.05) is 17.1 Å². The number of hydrogen-bond donors (Lipinski definition) is 1. The number of nitrogens with one attached hydrogen (secondary N) is 1. The van der Waals surface area contributed by atoms with Crippen LogP contribution in [0.25, 0.3) is 0 Å². The molecule has 0 saturated heterocycles. The van der Waals surface area contributed by atoms with E-state index in [2.05, 4.69) is 37.2 Å². The molecule has 0 radical (unpaired) electrons. The van der Waals surface area contributed by atoms with E-state index in [-0.39, 0.29) is 18.9 Å². The van der Waals surface area contributed by atoms with Gasteiger partial charge in [-0.1, -0.05) is 74.3 Å². The average molecular weight is 694 g/mol. The second kappa shape index (κ2) is 13.3. The summed E-state index contributed by atoms with van der Waals surface area (Å²) in [6.07, 6.45) is 1.34. The maximum Gasteiger partial charge on any atom is 0.244 e. The highest BCUT2D eigenvalue weighted by Gasteiger charge is 2.34. The van der Waals surface area contributed by atoms with Crippen LogP contribution >= 0.6 is 31.9 Å². The molecule has 40 heavy (non-hydrogen) atoms. The fourth-order valence-electron chi connectivity index (χ4n) is 4.24. The van der Waals surface area contributed by atoms with Crippen LogP contribution in [0.4, 0.5) is 5.69 Å². The van der Waals surface area contributed by atoms with Crippen molar-refractivity contribution in [3.63, 3.8) is 0 Å². The van der Waals surface area contributed by atoms with E-state index in [0.717, 1.165) is 36.2 Å². The van der Waals surface area contributed by atoms with Crippen molar-refractivity contribution in [3.05, 3.63) is 98.4 Å². The summed E-state index contributed by atoms with van der Waals surface area (Å²) < 4.78 is 28.6. The van der Waals surface area contributed by atoms with Gasteiger partial charge in [0.05, 0.1) is 11.9 Å². The van der Waals surface area contributed by atoms with E-state index in [1.807, 2.05) is 82.3 Å². The van der Waals surface area contributed by atoms with E-state index in [1.165, 1.54) is 4.90 Å². The molecule has 0 unspecified atom stereocenters. The molecule has 1 atom stereocenters. The van der Waals surface area contributed by atoms with Crippen molar-refractivity contribution in [2.45, 2.75) is 52.2 Å². The molecule has 0 aliphatic rings. The third-order valence-corrected chi connectivity index (χ3v) is 8.64. The largest absolute Gasteiger partial charge is 0.350 e. The topological polar surface area (TPSA) is 86.8 Å². The van der Waals surface area contributed by atoms with E-state index in [1.54, 1.807) is 18.2 Å². The molecule has 214 valence electrons. The van der Waals surface area contributed by atoms with Crippen molar-refractivity contribution in [2.24, 2.45) is 0 Å². The zero-order valence-corrected chi connectivity index (χ0v) is 27.3. The summed E-state index contributed by atoms with van der Waals surface area (Å²) in [4.78, 5) is 29.4. The lowest BCUT2D eigenvalue weighted by molar-refractivity contribution is -0.140. The maximum absolute atomic E-state index is 14.1. The van der Waals surface area contributed by atoms with Gasteiger partial charge in [0.15, 0.2) is 0 Å². The highest BCUT2D eigenvalue weighted by atomic mass is 79.9. The highest BCUT2D eigenvalue weighted by Crippen LogP contribution is 2.26. The molecule has 10 heteroatoms. The van der Waals surface area contributed by atoms with Gasteiger partial charge in [-0.15, -0.1) is 0 Å². The molecule has 0 heterocycles. The van der Waals surface area contributed by atoms with Crippen LogP contribution in [-0.4, -0.2) is 49.5 Å². The molecule has 3 aromatic rings. The van der Waals surface area contributed by atoms with E-state index >= 15 is 0 Å². The first-order chi connectivity index (χ1) is 18.6. The second-order valence-corrected chi connectivity index (χ2v) is 14.5. The zero-order valence-electron chi connectivity index (χ0n) is 23.3. The Morgan fingerprint density at radius 2 is 1.57 bits per heavy atom. The third kappa shape index (κ3) is 9.17. The predicted molar refractivity (Wildman–Crippen MR) is 168 cm³/mol. The van der Waals surface area contributed by atoms with E-state index in [0.29, 0.717) is 5.69 Å². The van der Waals surface area contributed by atoms with Crippen molar-refractivity contribution in [1.29, 1.82) is 0 Å². The van der Waals surface area contributed by atoms with Gasteiger partial charge < -0.3 is 10.2 Å². The Labute approximate surface area is 254 Å². The van der Waals surface area contributed by atoms with Gasteiger partial charge in [0.1, 0.15) is 12.6 Å². The number of hydrogen-bond acceptors (Lipinski definition) is 4. The monoisotopic (exact) mass is 691 g/mol. The first-order valence-corrected chi connectivity index (χ1v) is 16.2. The third-order valence-electron chi connectivity index (χ3n) is 6.12. The fraction of sp³-hybridized carbons (Fsp3) is 0.333. The summed E-state index contributed by atoms with van der Waals surface area (Å²) >= 11 is 6.93. The Kier molecular flexibility index (Phi) is 10.6. The van der Waals surface area contributed by atoms with Crippen LogP contribution in [-0.2, 0) is 32.6 Å². The summed E-state index contributed by atoms with van der Waals surface area (Å²) in [5, 5.41) is 3.02. The molecule has 0 spiro atoms. The Morgan fingerprint density at radius 1 is 0.925 bits per heavy atom. The normalized spacial score (nSPS) is 12.5. The Hall–Kier alpha value is -2.69. The van der Waals surface area contributed by atoms with Crippen LogP contribution in [0.3, 0.4) is 0 Å². The van der Waals surface area contributed by atoms with Crippen LogP contribution in [0.1, 0.15) is 37.5 Å². The summed E-state index contributed by atoms with van der Waals surface area (Å²) in [5.41, 5.74) is 2.35. The van der Waals surface area contributed by atoms with E-state index < -0.39 is 34.1 Å². The van der Waals surface area contributed by atoms with Gasteiger partial charge in [0.25, 0.3) is 0 Å². The van der Waals surface area contributed by atoms with Gasteiger partial charge in [-0.3, -0.25) is 13.9 Å². The molecular weight excluding hydrogens is 658 g/mol. The lowest BCUT2D eigenvalue weighted by atomic mass is 10.0. The molecule has 0 aliphatic carbocycles. The van der Waals surface area contributed by atoms with Gasteiger partial charge in [-0.05, 0) is 74.7 Å². The number of sulfonamides is 1. The van der Waals surface area contributed by atoms with Crippen LogP contribution in [0.2, 0.25) is 0 Å². The van der Waals surface area contributed by atoms with Crippen LogP contribution < -0.4 is 9.62 Å². The minimum absolute atomic E-state index is 0.115. The van der Waals surface area contributed by atoms with Crippen LogP contribution in [0.15, 0.2) is 81.7 Å². The number of aryl methyl sites for hydroxylation is 1. The van der Waals surface area contributed by atoms with Crippen molar-refractivity contribution < 1.29 is 18.0 Å². The minimum atomic E-state index is -3.83. The average Bonchev–Trinajstić information content (AvgIpc) is 2.85. The minimum Gasteiger partial charge on any atom is -0.350 e. The van der Waals surface area contributed by atoms with Crippen molar-refractivity contribution >= 4 is 59.4 Å².